The molecule has 7 heteroatoms. The number of amides is 1. The highest BCUT2D eigenvalue weighted by atomic mass is 79.9. The molecule has 2 heterocycles. The lowest BCUT2D eigenvalue weighted by atomic mass is 10.1. The number of piperidine rings is 1. The molecule has 0 radical (unpaired) electrons. The highest BCUT2D eigenvalue weighted by molar-refractivity contribution is 9.10. The van der Waals surface area contributed by atoms with Crippen LogP contribution in [0.25, 0.3) is 0 Å². The number of nitrogens with zero attached hydrogens (tertiary/aromatic N) is 3. The molecule has 3 aromatic rings. The van der Waals surface area contributed by atoms with E-state index in [1.54, 1.807) is 12.1 Å². The molecule has 1 aliphatic heterocycles. The fourth-order valence-corrected chi connectivity index (χ4v) is 4.40. The molecule has 0 spiro atoms. The standard InChI is InChI=1S/C24H27BrN4O2/c25-22-4-2-1-3-19(22)11-15-28(17-18-5-7-21(30)8-6-18)24(31)23-12-16-29(27-23)20-9-13-26-14-10-20/h1-8,12,16,20,26,30H,9-11,13-15,17H2. The van der Waals surface area contributed by atoms with Crippen LogP contribution < -0.4 is 5.32 Å². The van der Waals surface area contributed by atoms with E-state index < -0.39 is 0 Å². The van der Waals surface area contributed by atoms with Gasteiger partial charge in [-0.15, -0.1) is 0 Å². The smallest absolute Gasteiger partial charge is 0.274 e. The van der Waals surface area contributed by atoms with Crippen molar-refractivity contribution in [2.24, 2.45) is 0 Å². The monoisotopic (exact) mass is 482 g/mol. The Morgan fingerprint density at radius 1 is 1.13 bits per heavy atom. The van der Waals surface area contributed by atoms with E-state index in [9.17, 15) is 9.90 Å². The van der Waals surface area contributed by atoms with E-state index in [1.165, 1.54) is 0 Å². The quantitative estimate of drug-likeness (QED) is 0.530. The first-order valence-electron chi connectivity index (χ1n) is 10.7. The van der Waals surface area contributed by atoms with Crippen molar-refractivity contribution >= 4 is 21.8 Å². The molecule has 31 heavy (non-hydrogen) atoms. The van der Waals surface area contributed by atoms with E-state index in [1.807, 2.05) is 52.2 Å². The number of hydrogen-bond donors (Lipinski definition) is 2. The number of rotatable bonds is 7. The molecule has 2 N–H and O–H groups in total. The first-order chi connectivity index (χ1) is 15.1. The molecule has 1 aliphatic rings. The van der Waals surface area contributed by atoms with Gasteiger partial charge in [-0.25, -0.2) is 0 Å². The highest BCUT2D eigenvalue weighted by Crippen LogP contribution is 2.20. The lowest BCUT2D eigenvalue weighted by molar-refractivity contribution is 0.0737. The highest BCUT2D eigenvalue weighted by Gasteiger charge is 2.22. The Bertz CT molecular complexity index is 1010. The van der Waals surface area contributed by atoms with Gasteiger partial charge in [0, 0.05) is 23.8 Å². The molecular weight excluding hydrogens is 456 g/mol. The molecule has 6 nitrogen and oxygen atoms in total. The third kappa shape index (κ3) is 5.54. The van der Waals surface area contributed by atoms with Gasteiger partial charge in [-0.05, 0) is 67.7 Å². The van der Waals surface area contributed by atoms with E-state index in [0.717, 1.165) is 48.0 Å². The number of hydrogen-bond acceptors (Lipinski definition) is 4. The average Bonchev–Trinajstić information content (AvgIpc) is 3.29. The maximum absolute atomic E-state index is 13.4. The molecule has 0 saturated carbocycles. The van der Waals surface area contributed by atoms with Gasteiger partial charge >= 0.3 is 0 Å². The average molecular weight is 483 g/mol. The zero-order chi connectivity index (χ0) is 21.6. The van der Waals surface area contributed by atoms with Gasteiger partial charge in [-0.2, -0.15) is 5.10 Å². The maximum atomic E-state index is 13.4. The minimum absolute atomic E-state index is 0.0761. The van der Waals surface area contributed by atoms with Crippen LogP contribution in [0.15, 0.2) is 65.3 Å². The van der Waals surface area contributed by atoms with E-state index in [0.29, 0.717) is 24.8 Å². The van der Waals surface area contributed by atoms with Gasteiger partial charge in [0.25, 0.3) is 5.91 Å². The topological polar surface area (TPSA) is 70.4 Å². The molecule has 0 aliphatic carbocycles. The van der Waals surface area contributed by atoms with E-state index in [4.69, 9.17) is 0 Å². The van der Waals surface area contributed by atoms with Crippen LogP contribution in [0.3, 0.4) is 0 Å². The molecule has 162 valence electrons. The van der Waals surface area contributed by atoms with Crippen molar-refractivity contribution in [3.8, 4) is 5.75 Å². The number of carbonyl (C=O) groups is 1. The van der Waals surface area contributed by atoms with Crippen molar-refractivity contribution in [2.45, 2.75) is 31.8 Å². The lowest BCUT2D eigenvalue weighted by Gasteiger charge is -2.24. The number of halogens is 1. The largest absolute Gasteiger partial charge is 0.508 e. The molecule has 1 amide bonds. The van der Waals surface area contributed by atoms with Crippen molar-refractivity contribution < 1.29 is 9.90 Å². The summed E-state index contributed by atoms with van der Waals surface area (Å²) in [6, 6.07) is 17.2. The van der Waals surface area contributed by atoms with Gasteiger partial charge in [0.1, 0.15) is 11.4 Å². The zero-order valence-electron chi connectivity index (χ0n) is 17.4. The number of phenols is 1. The Morgan fingerprint density at radius 2 is 1.87 bits per heavy atom. The Kier molecular flexibility index (Phi) is 7.04. The Hall–Kier alpha value is -2.64. The SMILES string of the molecule is O=C(c1ccn(C2CCNCC2)n1)N(CCc1ccccc1Br)Cc1ccc(O)cc1. The molecule has 0 bridgehead atoms. The third-order valence-corrected chi connectivity index (χ3v) is 6.49. The predicted molar refractivity (Wildman–Crippen MR) is 124 cm³/mol. The Labute approximate surface area is 191 Å². The summed E-state index contributed by atoms with van der Waals surface area (Å²) in [6.45, 7) is 2.99. The second-order valence-corrected chi connectivity index (χ2v) is 8.75. The molecule has 4 rings (SSSR count). The fraction of sp³-hybridized carbons (Fsp3) is 0.333. The Morgan fingerprint density at radius 3 is 2.61 bits per heavy atom. The first-order valence-corrected chi connectivity index (χ1v) is 11.5. The predicted octanol–water partition coefficient (Wildman–Crippen LogP) is 4.16. The van der Waals surface area contributed by atoms with Crippen LogP contribution in [0.5, 0.6) is 5.75 Å². The lowest BCUT2D eigenvalue weighted by Crippen LogP contribution is -2.33. The van der Waals surface area contributed by atoms with Gasteiger partial charge in [-0.3, -0.25) is 9.48 Å². The van der Waals surface area contributed by atoms with Crippen LogP contribution in [0.1, 0.15) is 40.5 Å². The number of nitrogens with one attached hydrogen (secondary N) is 1. The van der Waals surface area contributed by atoms with Crippen LogP contribution in [0, 0.1) is 0 Å². The van der Waals surface area contributed by atoms with Crippen LogP contribution in [-0.2, 0) is 13.0 Å². The van der Waals surface area contributed by atoms with Crippen LogP contribution >= 0.6 is 15.9 Å². The summed E-state index contributed by atoms with van der Waals surface area (Å²) in [4.78, 5) is 15.2. The normalized spacial score (nSPS) is 14.5. The van der Waals surface area contributed by atoms with Crippen molar-refractivity contribution in [1.82, 2.24) is 20.0 Å². The number of benzene rings is 2. The molecule has 1 saturated heterocycles. The van der Waals surface area contributed by atoms with Crippen LogP contribution in [0.4, 0.5) is 0 Å². The van der Waals surface area contributed by atoms with E-state index in [-0.39, 0.29) is 11.7 Å². The second-order valence-electron chi connectivity index (χ2n) is 7.90. The minimum Gasteiger partial charge on any atom is -0.508 e. The molecule has 0 atom stereocenters. The number of phenolic OH excluding ortho intramolecular Hbond substituents is 1. The zero-order valence-corrected chi connectivity index (χ0v) is 19.0. The van der Waals surface area contributed by atoms with Gasteiger partial charge in [0.2, 0.25) is 0 Å². The fourth-order valence-electron chi connectivity index (χ4n) is 3.92. The van der Waals surface area contributed by atoms with E-state index >= 15 is 0 Å². The van der Waals surface area contributed by atoms with Gasteiger partial charge in [-0.1, -0.05) is 46.3 Å². The summed E-state index contributed by atoms with van der Waals surface area (Å²) in [5, 5.41) is 17.6. The summed E-state index contributed by atoms with van der Waals surface area (Å²) in [5.41, 5.74) is 2.60. The summed E-state index contributed by atoms with van der Waals surface area (Å²) in [7, 11) is 0. The summed E-state index contributed by atoms with van der Waals surface area (Å²) >= 11 is 3.60. The van der Waals surface area contributed by atoms with E-state index in [2.05, 4.69) is 32.4 Å². The van der Waals surface area contributed by atoms with Gasteiger partial charge < -0.3 is 15.3 Å². The van der Waals surface area contributed by atoms with Crippen molar-refractivity contribution in [3.05, 3.63) is 82.1 Å². The third-order valence-electron chi connectivity index (χ3n) is 5.72. The number of aromatic hydroxyl groups is 1. The van der Waals surface area contributed by atoms with Crippen LogP contribution in [-0.4, -0.2) is 45.3 Å². The van der Waals surface area contributed by atoms with Crippen molar-refractivity contribution in [3.63, 3.8) is 0 Å². The van der Waals surface area contributed by atoms with Crippen LogP contribution in [0.2, 0.25) is 0 Å². The Balaban J connectivity index is 1.52. The number of aromatic nitrogens is 2. The minimum atomic E-state index is -0.0761. The molecule has 1 fully saturated rings. The molecule has 0 unspecified atom stereocenters. The number of carbonyl (C=O) groups excluding carboxylic acids is 1. The second kappa shape index (κ2) is 10.1. The van der Waals surface area contributed by atoms with Gasteiger partial charge in [0.05, 0.1) is 6.04 Å². The maximum Gasteiger partial charge on any atom is 0.274 e. The first kappa shape index (κ1) is 21.6. The summed E-state index contributed by atoms with van der Waals surface area (Å²) < 4.78 is 2.99. The van der Waals surface area contributed by atoms with Gasteiger partial charge in [0.15, 0.2) is 0 Å². The summed E-state index contributed by atoms with van der Waals surface area (Å²) in [5.74, 6) is 0.142. The van der Waals surface area contributed by atoms with Crippen molar-refractivity contribution in [2.75, 3.05) is 19.6 Å². The molecule has 2 aromatic carbocycles. The molecule has 1 aromatic heterocycles. The molecular formula is C24H27BrN4O2. The van der Waals surface area contributed by atoms with Crippen molar-refractivity contribution in [1.29, 1.82) is 0 Å². The summed E-state index contributed by atoms with van der Waals surface area (Å²) in [6.07, 6.45) is 4.71.